The van der Waals surface area contributed by atoms with Crippen LogP contribution in [-0.2, 0) is 11.8 Å². The van der Waals surface area contributed by atoms with Crippen LogP contribution in [0.5, 0.6) is 0 Å². The van der Waals surface area contributed by atoms with Gasteiger partial charge in [0.05, 0.1) is 5.69 Å². The fourth-order valence-corrected chi connectivity index (χ4v) is 6.34. The lowest BCUT2D eigenvalue weighted by atomic mass is 9.81. The van der Waals surface area contributed by atoms with E-state index in [9.17, 15) is 0 Å². The Morgan fingerprint density at radius 3 is 2.44 bits per heavy atom. The van der Waals surface area contributed by atoms with Crippen LogP contribution in [0, 0.1) is 6.92 Å². The van der Waals surface area contributed by atoms with E-state index in [4.69, 9.17) is 0 Å². The topological polar surface area (TPSA) is 3.24 Å². The van der Waals surface area contributed by atoms with E-state index in [1.165, 1.54) is 61.4 Å². The lowest BCUT2D eigenvalue weighted by molar-refractivity contribution is 0.660. The lowest BCUT2D eigenvalue weighted by Crippen LogP contribution is -2.20. The van der Waals surface area contributed by atoms with Gasteiger partial charge in [-0.3, -0.25) is 0 Å². The predicted octanol–water partition coefficient (Wildman–Crippen LogP) is 10.9. The van der Waals surface area contributed by atoms with Gasteiger partial charge in [0.25, 0.3) is 0 Å². The Morgan fingerprint density at radius 2 is 1.74 bits per heavy atom. The Kier molecular flexibility index (Phi) is 7.36. The highest BCUT2D eigenvalue weighted by molar-refractivity contribution is 5.89. The normalized spacial score (nSPS) is 15.5. The Bertz CT molecular complexity index is 1550. The number of hydrogen-bond donors (Lipinski definition) is 0. The maximum Gasteiger partial charge on any atom is 0.0545 e. The third-order valence-electron chi connectivity index (χ3n) is 8.32. The average Bonchev–Trinajstić information content (AvgIpc) is 3.16. The van der Waals surface area contributed by atoms with Crippen molar-refractivity contribution >= 4 is 29.6 Å². The number of benzene rings is 3. The molecule has 0 amide bonds. The van der Waals surface area contributed by atoms with E-state index >= 15 is 0 Å². The number of rotatable bonds is 7. The number of fused-ring (bicyclic) bond motifs is 4. The summed E-state index contributed by atoms with van der Waals surface area (Å²) in [7, 11) is 0. The molecule has 1 nitrogen and oxygen atoms in total. The van der Waals surface area contributed by atoms with Crippen LogP contribution in [0.15, 0.2) is 85.1 Å². The second-order valence-corrected chi connectivity index (χ2v) is 11.2. The number of nitrogens with zero attached hydrogens (tertiary/aromatic N) is 1. The van der Waals surface area contributed by atoms with E-state index in [0.717, 1.165) is 25.0 Å². The van der Waals surface area contributed by atoms with Crippen molar-refractivity contribution in [3.8, 4) is 11.1 Å². The van der Waals surface area contributed by atoms with Crippen molar-refractivity contribution in [3.63, 3.8) is 0 Å². The minimum atomic E-state index is -0.0646. The van der Waals surface area contributed by atoms with Crippen molar-refractivity contribution in [2.75, 3.05) is 4.90 Å². The maximum absolute atomic E-state index is 4.27. The largest absolute Gasteiger partial charge is 0.310 e. The van der Waals surface area contributed by atoms with Gasteiger partial charge in [0.2, 0.25) is 0 Å². The molecular formula is C38H41N. The van der Waals surface area contributed by atoms with Crippen LogP contribution < -0.4 is 4.90 Å². The highest BCUT2D eigenvalue weighted by Crippen LogP contribution is 2.51. The molecule has 2 aliphatic rings. The van der Waals surface area contributed by atoms with Crippen molar-refractivity contribution < 1.29 is 0 Å². The number of anilines is 2. The highest BCUT2D eigenvalue weighted by atomic mass is 15.1. The monoisotopic (exact) mass is 511 g/mol. The summed E-state index contributed by atoms with van der Waals surface area (Å²) in [5.74, 6) is 0. The highest BCUT2D eigenvalue weighted by Gasteiger charge is 2.36. The molecule has 198 valence electrons. The molecule has 0 heterocycles. The third-order valence-corrected chi connectivity index (χ3v) is 8.32. The third kappa shape index (κ3) is 4.55. The fraction of sp³-hybridized carbons (Fsp3) is 0.263. The summed E-state index contributed by atoms with van der Waals surface area (Å²) in [4.78, 5) is 2.44. The van der Waals surface area contributed by atoms with E-state index in [-0.39, 0.29) is 5.41 Å². The fourth-order valence-electron chi connectivity index (χ4n) is 6.34. The summed E-state index contributed by atoms with van der Waals surface area (Å²) in [6.45, 7) is 17.6. The maximum atomic E-state index is 4.27. The van der Waals surface area contributed by atoms with Gasteiger partial charge in [-0.2, -0.15) is 0 Å². The first kappa shape index (κ1) is 26.8. The molecule has 0 atom stereocenters. The zero-order valence-corrected chi connectivity index (χ0v) is 24.4. The van der Waals surface area contributed by atoms with Crippen LogP contribution in [0.25, 0.3) is 29.4 Å². The van der Waals surface area contributed by atoms with Gasteiger partial charge < -0.3 is 4.90 Å². The van der Waals surface area contributed by atoms with Crippen LogP contribution in [0.2, 0.25) is 0 Å². The van der Waals surface area contributed by atoms with Gasteiger partial charge in [-0.05, 0) is 103 Å². The summed E-state index contributed by atoms with van der Waals surface area (Å²) >= 11 is 0. The first-order chi connectivity index (χ1) is 18.8. The van der Waals surface area contributed by atoms with Crippen molar-refractivity contribution in [1.29, 1.82) is 0 Å². The molecule has 1 heteroatoms. The number of hydrogen-bond acceptors (Lipinski definition) is 1. The van der Waals surface area contributed by atoms with Crippen LogP contribution in [0.3, 0.4) is 0 Å². The summed E-state index contributed by atoms with van der Waals surface area (Å²) in [6, 6.07) is 16.3. The van der Waals surface area contributed by atoms with Crippen LogP contribution in [-0.4, -0.2) is 0 Å². The van der Waals surface area contributed by atoms with Gasteiger partial charge in [0.15, 0.2) is 0 Å². The van der Waals surface area contributed by atoms with Crippen LogP contribution >= 0.6 is 0 Å². The number of allylic oxidation sites excluding steroid dienone is 5. The van der Waals surface area contributed by atoms with E-state index in [2.05, 4.69) is 144 Å². The molecule has 0 saturated heterocycles. The van der Waals surface area contributed by atoms with E-state index in [0.29, 0.717) is 0 Å². The van der Waals surface area contributed by atoms with Crippen LogP contribution in [0.4, 0.5) is 11.4 Å². The van der Waals surface area contributed by atoms with E-state index in [1.807, 2.05) is 0 Å². The molecule has 5 rings (SSSR count). The quantitative estimate of drug-likeness (QED) is 0.285. The Balaban J connectivity index is 1.79. The minimum Gasteiger partial charge on any atom is -0.310 e. The van der Waals surface area contributed by atoms with E-state index in [1.54, 1.807) is 0 Å². The van der Waals surface area contributed by atoms with Gasteiger partial charge in [0, 0.05) is 22.4 Å². The molecule has 0 spiro atoms. The van der Waals surface area contributed by atoms with E-state index < -0.39 is 0 Å². The molecule has 0 fully saturated rings. The van der Waals surface area contributed by atoms with Gasteiger partial charge >= 0.3 is 0 Å². The standard InChI is InChI=1S/C38H41N/c1-8-12-17-34-30(11-4)31-18-14-13-16-27(31)24-37(34)39(28(10-3)15-9-2)29-20-22-33-32-21-19-26(5)23-35(32)38(6,7)36(33)25-29/h9-13,15-17,19-25H,4,8,14,18H2,1-3,5-7H3/b15-9-,17-12-,28-10+. The molecule has 3 aromatic rings. The zero-order valence-electron chi connectivity index (χ0n) is 24.4. The van der Waals surface area contributed by atoms with Crippen molar-refractivity contribution in [3.05, 3.63) is 124 Å². The van der Waals surface area contributed by atoms with Gasteiger partial charge in [0.1, 0.15) is 0 Å². The second-order valence-electron chi connectivity index (χ2n) is 11.2. The zero-order chi connectivity index (χ0) is 27.7. The Morgan fingerprint density at radius 1 is 1.00 bits per heavy atom. The van der Waals surface area contributed by atoms with Crippen molar-refractivity contribution in [2.24, 2.45) is 0 Å². The molecule has 0 radical (unpaired) electrons. The lowest BCUT2D eigenvalue weighted by Gasteiger charge is -2.32. The molecule has 0 aliphatic heterocycles. The average molecular weight is 512 g/mol. The molecule has 0 bridgehead atoms. The Labute approximate surface area is 235 Å². The Hall–Kier alpha value is -3.84. The summed E-state index contributed by atoms with van der Waals surface area (Å²) in [6.07, 6.45) is 20.9. The van der Waals surface area contributed by atoms with Gasteiger partial charge in [-0.25, -0.2) is 0 Å². The molecule has 0 N–H and O–H groups in total. The van der Waals surface area contributed by atoms with Crippen LogP contribution in [0.1, 0.15) is 86.4 Å². The summed E-state index contributed by atoms with van der Waals surface area (Å²) in [5.41, 5.74) is 15.5. The van der Waals surface area contributed by atoms with Gasteiger partial charge in [-0.15, -0.1) is 0 Å². The smallest absolute Gasteiger partial charge is 0.0545 e. The first-order valence-electron chi connectivity index (χ1n) is 14.4. The first-order valence-corrected chi connectivity index (χ1v) is 14.4. The molecule has 3 aromatic carbocycles. The molecule has 0 unspecified atom stereocenters. The minimum absolute atomic E-state index is 0.0646. The molecule has 39 heavy (non-hydrogen) atoms. The molecule has 0 saturated carbocycles. The SMILES string of the molecule is C=Cc1c(/C=C\CC)c(N(C(/C=C\C)=C/C)c2ccc3c(c2)C(C)(C)c2cc(C)ccc2-3)cc2c1CCC=C2. The number of aryl methyl sites for hydroxylation is 1. The molecular weight excluding hydrogens is 470 g/mol. The molecule has 0 aromatic heterocycles. The summed E-state index contributed by atoms with van der Waals surface area (Å²) < 4.78 is 0. The molecule has 2 aliphatic carbocycles. The predicted molar refractivity (Wildman–Crippen MR) is 173 cm³/mol. The van der Waals surface area contributed by atoms with Gasteiger partial charge in [-0.1, -0.05) is 99.7 Å². The van der Waals surface area contributed by atoms with Crippen molar-refractivity contribution in [2.45, 2.75) is 66.2 Å². The van der Waals surface area contributed by atoms with Crippen molar-refractivity contribution in [1.82, 2.24) is 0 Å². The summed E-state index contributed by atoms with van der Waals surface area (Å²) in [5, 5.41) is 0. The second kappa shape index (κ2) is 10.7.